The molecule has 0 spiro atoms. The molecule has 1 aromatic carbocycles. The maximum Gasteiger partial charge on any atom is 0.252 e. The van der Waals surface area contributed by atoms with Gasteiger partial charge in [-0.05, 0) is 25.5 Å². The Bertz CT molecular complexity index is 377. The van der Waals surface area contributed by atoms with Crippen LogP contribution in [0.3, 0.4) is 0 Å². The van der Waals surface area contributed by atoms with Gasteiger partial charge in [-0.15, -0.1) is 6.42 Å². The van der Waals surface area contributed by atoms with Gasteiger partial charge in [0, 0.05) is 5.56 Å². The minimum absolute atomic E-state index is 0.127. The van der Waals surface area contributed by atoms with Gasteiger partial charge in [0.1, 0.15) is 0 Å². The molecule has 1 amide bonds. The van der Waals surface area contributed by atoms with Crippen molar-refractivity contribution in [3.8, 4) is 12.3 Å². The first-order valence-electron chi connectivity index (χ1n) is 4.96. The van der Waals surface area contributed by atoms with Gasteiger partial charge >= 0.3 is 0 Å². The summed E-state index contributed by atoms with van der Waals surface area (Å²) in [4.78, 5) is 11.8. The molecular weight excluding hydrogens is 186 g/mol. The van der Waals surface area contributed by atoms with Crippen molar-refractivity contribution in [2.24, 2.45) is 0 Å². The predicted octanol–water partition coefficient (Wildman–Crippen LogP) is 2.22. The molecule has 2 heteroatoms. The molecule has 1 atom stereocenters. The zero-order chi connectivity index (χ0) is 11.3. The number of benzene rings is 1. The number of carbonyl (C=O) groups excluding carboxylic acids is 1. The van der Waals surface area contributed by atoms with Crippen LogP contribution in [0.1, 0.15) is 30.6 Å². The summed E-state index contributed by atoms with van der Waals surface area (Å²) in [7, 11) is 0. The van der Waals surface area contributed by atoms with E-state index >= 15 is 0 Å². The fourth-order valence-electron chi connectivity index (χ4n) is 1.14. The second kappa shape index (κ2) is 4.65. The molecule has 1 unspecified atom stereocenters. The highest BCUT2D eigenvalue weighted by molar-refractivity contribution is 5.94. The molecule has 1 rings (SSSR count). The SMILES string of the molecule is C#CC(C)(CC)NC(=O)c1ccccc1. The van der Waals surface area contributed by atoms with Gasteiger partial charge < -0.3 is 5.32 Å². The summed E-state index contributed by atoms with van der Waals surface area (Å²) in [6, 6.07) is 9.06. The van der Waals surface area contributed by atoms with E-state index in [1.165, 1.54) is 0 Å². The van der Waals surface area contributed by atoms with Gasteiger partial charge in [-0.25, -0.2) is 0 Å². The zero-order valence-corrected chi connectivity index (χ0v) is 9.08. The smallest absolute Gasteiger partial charge is 0.252 e. The summed E-state index contributed by atoms with van der Waals surface area (Å²) >= 11 is 0. The van der Waals surface area contributed by atoms with Crippen LogP contribution in [-0.4, -0.2) is 11.4 Å². The van der Waals surface area contributed by atoms with Crippen LogP contribution in [0, 0.1) is 12.3 Å². The second-order valence-electron chi connectivity index (χ2n) is 3.65. The minimum atomic E-state index is -0.563. The topological polar surface area (TPSA) is 29.1 Å². The maximum absolute atomic E-state index is 11.8. The first kappa shape index (κ1) is 11.3. The van der Waals surface area contributed by atoms with Crippen LogP contribution in [0.15, 0.2) is 30.3 Å². The van der Waals surface area contributed by atoms with Gasteiger partial charge in [0.05, 0.1) is 5.54 Å². The first-order valence-corrected chi connectivity index (χ1v) is 4.96. The third-order valence-corrected chi connectivity index (χ3v) is 2.45. The quantitative estimate of drug-likeness (QED) is 0.746. The van der Waals surface area contributed by atoms with Crippen molar-refractivity contribution < 1.29 is 4.79 Å². The lowest BCUT2D eigenvalue weighted by molar-refractivity contribution is 0.0924. The van der Waals surface area contributed by atoms with Crippen molar-refractivity contribution in [1.82, 2.24) is 5.32 Å². The summed E-state index contributed by atoms with van der Waals surface area (Å²) in [5, 5.41) is 2.83. The molecule has 15 heavy (non-hydrogen) atoms. The molecule has 1 aromatic rings. The van der Waals surface area contributed by atoms with Crippen molar-refractivity contribution in [2.45, 2.75) is 25.8 Å². The summed E-state index contributed by atoms with van der Waals surface area (Å²) in [5.41, 5.74) is 0.0693. The average Bonchev–Trinajstić information content (AvgIpc) is 2.30. The molecule has 0 aliphatic rings. The van der Waals surface area contributed by atoms with Gasteiger partial charge in [-0.2, -0.15) is 0 Å². The van der Waals surface area contributed by atoms with Gasteiger partial charge in [-0.1, -0.05) is 31.0 Å². The lowest BCUT2D eigenvalue weighted by Gasteiger charge is -2.23. The molecule has 0 saturated heterocycles. The Hall–Kier alpha value is -1.75. The van der Waals surface area contributed by atoms with E-state index in [4.69, 9.17) is 6.42 Å². The molecule has 2 nitrogen and oxygen atoms in total. The fraction of sp³-hybridized carbons (Fsp3) is 0.308. The summed E-state index contributed by atoms with van der Waals surface area (Å²) in [6.07, 6.45) is 6.09. The van der Waals surface area contributed by atoms with E-state index in [0.717, 1.165) is 0 Å². The maximum atomic E-state index is 11.8. The molecular formula is C13H15NO. The number of terminal acetylenes is 1. The Balaban J connectivity index is 2.77. The minimum Gasteiger partial charge on any atom is -0.336 e. The molecule has 0 saturated carbocycles. The lowest BCUT2D eigenvalue weighted by atomic mass is 9.99. The van der Waals surface area contributed by atoms with E-state index in [-0.39, 0.29) is 5.91 Å². The summed E-state index contributed by atoms with van der Waals surface area (Å²) in [5.74, 6) is 2.47. The van der Waals surface area contributed by atoms with Crippen molar-refractivity contribution >= 4 is 5.91 Å². The number of hydrogen-bond acceptors (Lipinski definition) is 1. The molecule has 0 radical (unpaired) electrons. The predicted molar refractivity (Wildman–Crippen MR) is 61.4 cm³/mol. The van der Waals surface area contributed by atoms with Crippen LogP contribution in [0.2, 0.25) is 0 Å². The van der Waals surface area contributed by atoms with Crippen LogP contribution in [0.5, 0.6) is 0 Å². The summed E-state index contributed by atoms with van der Waals surface area (Å²) in [6.45, 7) is 3.79. The molecule has 0 fully saturated rings. The number of rotatable bonds is 3. The van der Waals surface area contributed by atoms with E-state index < -0.39 is 5.54 Å². The van der Waals surface area contributed by atoms with Gasteiger partial charge in [0.2, 0.25) is 0 Å². The van der Waals surface area contributed by atoms with Crippen LogP contribution < -0.4 is 5.32 Å². The van der Waals surface area contributed by atoms with E-state index in [0.29, 0.717) is 12.0 Å². The van der Waals surface area contributed by atoms with Gasteiger partial charge in [0.15, 0.2) is 0 Å². The van der Waals surface area contributed by atoms with Gasteiger partial charge in [-0.3, -0.25) is 4.79 Å². The molecule has 0 heterocycles. The van der Waals surface area contributed by atoms with Crippen LogP contribution in [-0.2, 0) is 0 Å². The fourth-order valence-corrected chi connectivity index (χ4v) is 1.14. The Labute approximate surface area is 90.7 Å². The van der Waals surface area contributed by atoms with Crippen molar-refractivity contribution in [1.29, 1.82) is 0 Å². The number of amides is 1. The van der Waals surface area contributed by atoms with Crippen molar-refractivity contribution in [3.05, 3.63) is 35.9 Å². The number of carbonyl (C=O) groups is 1. The van der Waals surface area contributed by atoms with Crippen molar-refractivity contribution in [3.63, 3.8) is 0 Å². The van der Waals surface area contributed by atoms with Crippen LogP contribution in [0.25, 0.3) is 0 Å². The largest absolute Gasteiger partial charge is 0.336 e. The average molecular weight is 201 g/mol. The lowest BCUT2D eigenvalue weighted by Crippen LogP contribution is -2.44. The molecule has 78 valence electrons. The zero-order valence-electron chi connectivity index (χ0n) is 9.08. The Morgan fingerprint density at radius 1 is 1.47 bits per heavy atom. The van der Waals surface area contributed by atoms with Crippen LogP contribution >= 0.6 is 0 Å². The molecule has 1 N–H and O–H groups in total. The monoisotopic (exact) mass is 201 g/mol. The van der Waals surface area contributed by atoms with Crippen LogP contribution in [0.4, 0.5) is 0 Å². The van der Waals surface area contributed by atoms with Gasteiger partial charge in [0.25, 0.3) is 5.91 Å². The second-order valence-corrected chi connectivity index (χ2v) is 3.65. The first-order chi connectivity index (χ1) is 7.11. The van der Waals surface area contributed by atoms with E-state index in [1.807, 2.05) is 32.0 Å². The summed E-state index contributed by atoms with van der Waals surface area (Å²) < 4.78 is 0. The van der Waals surface area contributed by atoms with Crippen molar-refractivity contribution in [2.75, 3.05) is 0 Å². The number of hydrogen-bond donors (Lipinski definition) is 1. The highest BCUT2D eigenvalue weighted by Gasteiger charge is 2.21. The molecule has 0 aliphatic carbocycles. The Morgan fingerprint density at radius 3 is 2.53 bits per heavy atom. The highest BCUT2D eigenvalue weighted by atomic mass is 16.1. The van der Waals surface area contributed by atoms with E-state index in [2.05, 4.69) is 11.2 Å². The normalized spacial score (nSPS) is 13.7. The third kappa shape index (κ3) is 2.85. The molecule has 0 bridgehead atoms. The van der Waals surface area contributed by atoms with E-state index in [1.54, 1.807) is 12.1 Å². The highest BCUT2D eigenvalue weighted by Crippen LogP contribution is 2.09. The standard InChI is InChI=1S/C13H15NO/c1-4-13(3,5-2)14-12(15)11-9-7-6-8-10-11/h1,6-10H,5H2,2-3H3,(H,14,15). The van der Waals surface area contributed by atoms with E-state index in [9.17, 15) is 4.79 Å². The molecule has 0 aromatic heterocycles. The third-order valence-electron chi connectivity index (χ3n) is 2.45. The number of nitrogens with one attached hydrogen (secondary N) is 1. The molecule has 0 aliphatic heterocycles. The Morgan fingerprint density at radius 2 is 2.07 bits per heavy atom. The Kier molecular flexibility index (Phi) is 3.51.